The molecule has 0 atom stereocenters. The normalized spacial score (nSPS) is 13.1. The van der Waals surface area contributed by atoms with Gasteiger partial charge in [0.25, 0.3) is 6.71 Å². The molecule has 17 rings (SSSR count). The highest BCUT2D eigenvalue weighted by Crippen LogP contribution is 2.54. The Hall–Kier alpha value is -10.3. The second-order valence-electron chi connectivity index (χ2n) is 27.1. The summed E-state index contributed by atoms with van der Waals surface area (Å²) in [4.78, 5) is 5.38. The highest BCUT2D eigenvalue weighted by Gasteiger charge is 2.46. The zero-order valence-corrected chi connectivity index (χ0v) is 52.1. The third-order valence-electron chi connectivity index (χ3n) is 19.6. The van der Waals surface area contributed by atoms with Crippen molar-refractivity contribution < 1.29 is 4.42 Å². The van der Waals surface area contributed by atoms with Gasteiger partial charge < -0.3 is 23.4 Å². The number of furan rings is 1. The van der Waals surface area contributed by atoms with Crippen molar-refractivity contribution in [3.63, 3.8) is 0 Å². The summed E-state index contributed by atoms with van der Waals surface area (Å²) in [5.41, 5.74) is 27.6. The minimum Gasteiger partial charge on any atom is -0.456 e. The van der Waals surface area contributed by atoms with Crippen LogP contribution in [-0.4, -0.2) is 15.8 Å². The van der Waals surface area contributed by atoms with Crippen molar-refractivity contribution in [2.75, 3.05) is 9.80 Å². The smallest absolute Gasteiger partial charge is 0.252 e. The fraction of sp³-hybridized carbons (Fsp3) is 0.143. The van der Waals surface area contributed by atoms with Gasteiger partial charge in [0, 0.05) is 83.1 Å². The molecule has 0 saturated heterocycles. The van der Waals surface area contributed by atoms with Crippen LogP contribution in [0, 0.1) is 0 Å². The van der Waals surface area contributed by atoms with E-state index in [2.05, 4.69) is 322 Å². The van der Waals surface area contributed by atoms with E-state index in [1.165, 1.54) is 110 Å². The lowest BCUT2D eigenvalue weighted by Crippen LogP contribution is -2.61. The van der Waals surface area contributed by atoms with E-state index in [1.807, 2.05) is 0 Å². The van der Waals surface area contributed by atoms with Crippen LogP contribution < -0.4 is 26.2 Å². The molecule has 0 fully saturated rings. The van der Waals surface area contributed by atoms with Gasteiger partial charge in [-0.3, -0.25) is 0 Å². The third-order valence-corrected chi connectivity index (χ3v) is 19.6. The van der Waals surface area contributed by atoms with Crippen molar-refractivity contribution in [1.29, 1.82) is 0 Å². The molecule has 6 heteroatoms. The molecule has 0 spiro atoms. The average molecular weight is 1160 g/mol. The van der Waals surface area contributed by atoms with Gasteiger partial charge >= 0.3 is 0 Å². The third kappa shape index (κ3) is 8.23. The van der Waals surface area contributed by atoms with Crippen molar-refractivity contribution >= 4 is 123 Å². The van der Waals surface area contributed by atoms with Gasteiger partial charge in [-0.15, -0.1) is 0 Å². The van der Waals surface area contributed by atoms with Gasteiger partial charge in [-0.2, -0.15) is 0 Å². The Kier molecular flexibility index (Phi) is 12.2. The van der Waals surface area contributed by atoms with E-state index >= 15 is 0 Å². The summed E-state index contributed by atoms with van der Waals surface area (Å²) < 4.78 is 12.1. The van der Waals surface area contributed by atoms with Crippen LogP contribution in [0.1, 0.15) is 78.0 Å². The molecule has 0 aliphatic carbocycles. The van der Waals surface area contributed by atoms with E-state index in [0.29, 0.717) is 0 Å². The summed E-state index contributed by atoms with van der Waals surface area (Å²) in [6.45, 7) is 16.3. The zero-order chi connectivity index (χ0) is 60.7. The van der Waals surface area contributed by atoms with Crippen molar-refractivity contribution in [2.45, 2.75) is 78.6 Å². The fourth-order valence-corrected chi connectivity index (χ4v) is 15.2. The molecule has 5 heterocycles. The van der Waals surface area contributed by atoms with E-state index in [4.69, 9.17) is 4.42 Å². The number of anilines is 6. The predicted octanol–water partition coefficient (Wildman–Crippen LogP) is 21.1. The van der Waals surface area contributed by atoms with Crippen LogP contribution in [0.3, 0.4) is 0 Å². The molecular formula is C84H69BN4O. The monoisotopic (exact) mass is 1160 g/mol. The SMILES string of the molecule is CCCCc1c(N2c3cc(-n4c5ccccc5c5ccccc54)ccc3B3c4ccc(-n5c6ccccc6c6ccccc65)cc4N(c4c(-c5ccccc5)cc(C(C)(C)C)cc4-c4ccccc4)c4cc(C(C)(C)C)cc2c43)ccc2c1oc1ccccc12. The molecule has 0 saturated carbocycles. The molecule has 0 radical (unpaired) electrons. The van der Waals surface area contributed by atoms with Gasteiger partial charge in [0.1, 0.15) is 11.2 Å². The number of rotatable bonds is 9. The highest BCUT2D eigenvalue weighted by atomic mass is 16.3. The summed E-state index contributed by atoms with van der Waals surface area (Å²) in [6.07, 6.45) is 2.91. The number of hydrogen-bond acceptors (Lipinski definition) is 3. The minimum absolute atomic E-state index is 0.162. The first-order valence-electron chi connectivity index (χ1n) is 32.2. The van der Waals surface area contributed by atoms with Crippen molar-refractivity contribution in [1.82, 2.24) is 9.13 Å². The number of benzene rings is 12. The largest absolute Gasteiger partial charge is 0.456 e. The van der Waals surface area contributed by atoms with Crippen molar-refractivity contribution in [3.05, 3.63) is 271 Å². The topological polar surface area (TPSA) is 29.5 Å². The second kappa shape index (κ2) is 20.4. The van der Waals surface area contributed by atoms with E-state index in [-0.39, 0.29) is 17.5 Å². The highest BCUT2D eigenvalue weighted by molar-refractivity contribution is 7.00. The van der Waals surface area contributed by atoms with Crippen LogP contribution in [0.2, 0.25) is 0 Å². The first kappa shape index (κ1) is 53.9. The summed E-state index contributed by atoms with van der Waals surface area (Å²) in [6, 6.07) is 96.2. The van der Waals surface area contributed by atoms with Crippen LogP contribution in [0.15, 0.2) is 259 Å². The van der Waals surface area contributed by atoms with Gasteiger partial charge in [-0.1, -0.05) is 219 Å². The maximum absolute atomic E-state index is 7.14. The quantitative estimate of drug-likeness (QED) is 0.135. The fourth-order valence-electron chi connectivity index (χ4n) is 15.2. The number of hydrogen-bond donors (Lipinski definition) is 0. The molecule has 5 nitrogen and oxygen atoms in total. The molecule has 0 amide bonds. The number of unbranched alkanes of at least 4 members (excludes halogenated alkanes) is 1. The van der Waals surface area contributed by atoms with Crippen LogP contribution in [0.5, 0.6) is 0 Å². The lowest BCUT2D eigenvalue weighted by molar-refractivity contribution is 0.590. The molecule has 3 aromatic heterocycles. The van der Waals surface area contributed by atoms with Gasteiger partial charge in [0.15, 0.2) is 0 Å². The molecule has 0 bridgehead atoms. The van der Waals surface area contributed by atoms with Gasteiger partial charge in [0.05, 0.1) is 33.4 Å². The second-order valence-corrected chi connectivity index (χ2v) is 27.1. The number of fused-ring (bicyclic) bond motifs is 13. The lowest BCUT2D eigenvalue weighted by atomic mass is 9.33. The minimum atomic E-state index is -0.275. The van der Waals surface area contributed by atoms with Gasteiger partial charge in [0.2, 0.25) is 0 Å². The Morgan fingerprint density at radius 1 is 0.378 bits per heavy atom. The Balaban J connectivity index is 1.04. The summed E-state index contributed by atoms with van der Waals surface area (Å²) >= 11 is 0. The first-order chi connectivity index (χ1) is 43.9. The summed E-state index contributed by atoms with van der Waals surface area (Å²) in [5.74, 6) is 0. The Labute approximate surface area is 526 Å². The van der Waals surface area contributed by atoms with Crippen LogP contribution in [-0.2, 0) is 17.3 Å². The van der Waals surface area contributed by atoms with Crippen LogP contribution >= 0.6 is 0 Å². The molecule has 2 aliphatic heterocycles. The lowest BCUT2D eigenvalue weighted by Gasteiger charge is -2.46. The number of nitrogens with zero attached hydrogens (tertiary/aromatic N) is 4. The molecule has 0 unspecified atom stereocenters. The van der Waals surface area contributed by atoms with E-state index in [0.717, 1.165) is 75.3 Å². The maximum Gasteiger partial charge on any atom is 0.252 e. The predicted molar refractivity (Wildman–Crippen MR) is 383 cm³/mol. The average Bonchev–Trinajstić information content (AvgIpc) is 0.854. The molecule has 2 aliphatic rings. The Bertz CT molecular complexity index is 5230. The van der Waals surface area contributed by atoms with Crippen LogP contribution in [0.4, 0.5) is 34.1 Å². The van der Waals surface area contributed by atoms with E-state index < -0.39 is 0 Å². The van der Waals surface area contributed by atoms with Crippen molar-refractivity contribution in [3.8, 4) is 33.6 Å². The Morgan fingerprint density at radius 3 is 1.30 bits per heavy atom. The maximum atomic E-state index is 7.14. The standard InChI is InChI=1S/C84H69BN4O/c1-8-9-30-65-74(46-43-64-63-35-20-25-40-79(63)90-82(64)65)88-75-51-57(86-70-36-21-16-31-59(70)60-32-17-22-37-71(60)86)41-44-68(75)85-69-45-42-58(87-72-38-23-18-33-61(72)62-34-19-24-39-73(62)87)52-76(69)89(78-50-56(84(5,6)7)49-77(88)80(78)85)81-66(53-26-12-10-13-27-53)47-55(83(2,3)4)48-67(81)54-28-14-11-15-29-54/h10-29,31-52H,8-9,30H2,1-7H3. The number of aryl methyl sites for hydroxylation is 1. The van der Waals surface area contributed by atoms with E-state index in [9.17, 15) is 0 Å². The van der Waals surface area contributed by atoms with Gasteiger partial charge in [-0.05, 0) is 153 Å². The molecule has 12 aromatic carbocycles. The van der Waals surface area contributed by atoms with Crippen LogP contribution in [0.25, 0.3) is 99.2 Å². The summed E-state index contributed by atoms with van der Waals surface area (Å²) in [7, 11) is 0. The molecule has 15 aromatic rings. The Morgan fingerprint density at radius 2 is 0.811 bits per heavy atom. The molecular weight excluding hydrogens is 1090 g/mol. The molecule has 434 valence electrons. The zero-order valence-electron chi connectivity index (χ0n) is 52.1. The van der Waals surface area contributed by atoms with Gasteiger partial charge in [-0.25, -0.2) is 0 Å². The summed E-state index contributed by atoms with van der Waals surface area (Å²) in [5, 5.41) is 7.26. The molecule has 0 N–H and O–H groups in total. The van der Waals surface area contributed by atoms with Crippen molar-refractivity contribution in [2.24, 2.45) is 0 Å². The first-order valence-corrected chi connectivity index (χ1v) is 32.2. The molecule has 90 heavy (non-hydrogen) atoms. The number of aromatic nitrogens is 2. The van der Waals surface area contributed by atoms with E-state index in [1.54, 1.807) is 0 Å². The number of para-hydroxylation sites is 5.